The highest BCUT2D eigenvalue weighted by Crippen LogP contribution is 2.32. The van der Waals surface area contributed by atoms with Crippen molar-refractivity contribution < 1.29 is 9.00 Å². The number of carbonyl (C=O) groups is 1. The Hall–Kier alpha value is -1.68. The molecule has 3 rings (SSSR count). The summed E-state index contributed by atoms with van der Waals surface area (Å²) in [6.07, 6.45) is 4.62. The van der Waals surface area contributed by atoms with Gasteiger partial charge in [-0.25, -0.2) is 0 Å². The third kappa shape index (κ3) is 2.40. The fourth-order valence-corrected chi connectivity index (χ4v) is 4.09. The van der Waals surface area contributed by atoms with Crippen LogP contribution in [0.15, 0.2) is 48.8 Å². The lowest BCUT2D eigenvalue weighted by Crippen LogP contribution is -2.23. The van der Waals surface area contributed by atoms with E-state index in [9.17, 15) is 9.00 Å². The number of fused-ring (bicyclic) bond motifs is 1. The van der Waals surface area contributed by atoms with Crippen molar-refractivity contribution in [2.45, 2.75) is 18.1 Å². The Morgan fingerprint density at radius 1 is 1.21 bits per heavy atom. The van der Waals surface area contributed by atoms with Gasteiger partial charge in [0.15, 0.2) is 0 Å². The predicted octanol–water partition coefficient (Wildman–Crippen LogP) is 2.56. The zero-order valence-corrected chi connectivity index (χ0v) is 11.3. The standard InChI is InChI=1S/C15H15NO2S/c17-15(16-8-3-4-9-16)11-14-13-6-2-1-5-12(13)7-10-19(14)18/h1-6,8-9,14H,7,10-11H2/t14-,19+/m0/s1. The lowest BCUT2D eigenvalue weighted by molar-refractivity contribution is 0.0901. The molecule has 0 bridgehead atoms. The second kappa shape index (κ2) is 5.13. The predicted molar refractivity (Wildman–Crippen MR) is 75.6 cm³/mol. The van der Waals surface area contributed by atoms with Crippen molar-refractivity contribution in [1.29, 1.82) is 0 Å². The first-order valence-corrected chi connectivity index (χ1v) is 7.75. The Morgan fingerprint density at radius 3 is 2.74 bits per heavy atom. The molecule has 2 heterocycles. The average Bonchev–Trinajstić information content (AvgIpc) is 2.96. The summed E-state index contributed by atoms with van der Waals surface area (Å²) in [7, 11) is -0.956. The second-order valence-corrected chi connectivity index (χ2v) is 6.45. The van der Waals surface area contributed by atoms with Crippen molar-refractivity contribution in [2.75, 3.05) is 5.75 Å². The van der Waals surface area contributed by atoms with E-state index in [-0.39, 0.29) is 11.2 Å². The molecule has 0 fully saturated rings. The smallest absolute Gasteiger partial charge is 0.232 e. The maximum Gasteiger partial charge on any atom is 0.232 e. The van der Waals surface area contributed by atoms with Crippen LogP contribution < -0.4 is 0 Å². The summed E-state index contributed by atoms with van der Waals surface area (Å²) in [5, 5.41) is -0.167. The Balaban J connectivity index is 1.88. The third-order valence-corrected chi connectivity index (χ3v) is 5.21. The van der Waals surface area contributed by atoms with Gasteiger partial charge < -0.3 is 0 Å². The van der Waals surface area contributed by atoms with Gasteiger partial charge in [-0.15, -0.1) is 0 Å². The van der Waals surface area contributed by atoms with Gasteiger partial charge >= 0.3 is 0 Å². The quantitative estimate of drug-likeness (QED) is 0.843. The highest BCUT2D eigenvalue weighted by Gasteiger charge is 2.28. The van der Waals surface area contributed by atoms with Gasteiger partial charge in [0.1, 0.15) is 0 Å². The number of hydrogen-bond donors (Lipinski definition) is 0. The van der Waals surface area contributed by atoms with Gasteiger partial charge in [0.2, 0.25) is 5.91 Å². The highest BCUT2D eigenvalue weighted by atomic mass is 32.2. The van der Waals surface area contributed by atoms with Crippen molar-refractivity contribution in [3.05, 3.63) is 59.9 Å². The Morgan fingerprint density at radius 2 is 1.95 bits per heavy atom. The monoisotopic (exact) mass is 273 g/mol. The van der Waals surface area contributed by atoms with E-state index in [1.807, 2.05) is 30.3 Å². The molecule has 0 N–H and O–H groups in total. The minimum atomic E-state index is -0.956. The molecular formula is C15H15NO2S. The number of aromatic nitrogens is 1. The summed E-state index contributed by atoms with van der Waals surface area (Å²) in [5.41, 5.74) is 2.31. The molecule has 0 saturated carbocycles. The molecule has 2 atom stereocenters. The number of aryl methyl sites for hydroxylation is 1. The van der Waals surface area contributed by atoms with E-state index in [2.05, 4.69) is 6.07 Å². The Labute approximate surface area is 114 Å². The maximum absolute atomic E-state index is 12.2. The van der Waals surface area contributed by atoms with Crippen LogP contribution in [0, 0.1) is 0 Å². The van der Waals surface area contributed by atoms with Crippen molar-refractivity contribution >= 4 is 16.7 Å². The minimum Gasteiger partial charge on any atom is -0.295 e. The molecule has 0 spiro atoms. The first-order chi connectivity index (χ1) is 9.25. The van der Waals surface area contributed by atoms with Crippen LogP contribution in [0.25, 0.3) is 0 Å². The third-order valence-electron chi connectivity index (χ3n) is 3.54. The van der Waals surface area contributed by atoms with Crippen LogP contribution in [-0.4, -0.2) is 20.4 Å². The molecule has 4 heteroatoms. The van der Waals surface area contributed by atoms with Gasteiger partial charge in [0.25, 0.3) is 0 Å². The van der Waals surface area contributed by atoms with Gasteiger partial charge in [-0.1, -0.05) is 24.3 Å². The molecule has 0 radical (unpaired) electrons. The van der Waals surface area contributed by atoms with Gasteiger partial charge in [-0.05, 0) is 29.7 Å². The molecule has 1 aromatic carbocycles. The van der Waals surface area contributed by atoms with Crippen LogP contribution in [0.3, 0.4) is 0 Å². The number of nitrogens with zero attached hydrogens (tertiary/aromatic N) is 1. The molecule has 98 valence electrons. The first-order valence-electron chi connectivity index (χ1n) is 6.37. The summed E-state index contributed by atoms with van der Waals surface area (Å²) in [5.74, 6) is 0.653. The maximum atomic E-state index is 12.2. The number of rotatable bonds is 2. The van der Waals surface area contributed by atoms with E-state index in [4.69, 9.17) is 0 Å². The van der Waals surface area contributed by atoms with Crippen molar-refractivity contribution in [3.63, 3.8) is 0 Å². The molecule has 1 aliphatic heterocycles. The summed E-state index contributed by atoms with van der Waals surface area (Å²) in [4.78, 5) is 12.2. The number of benzene rings is 1. The lowest BCUT2D eigenvalue weighted by Gasteiger charge is -2.24. The first kappa shape index (κ1) is 12.4. The normalized spacial score (nSPS) is 21.9. The Kier molecular flexibility index (Phi) is 3.34. The van der Waals surface area contributed by atoms with Crippen LogP contribution >= 0.6 is 0 Å². The van der Waals surface area contributed by atoms with E-state index in [1.54, 1.807) is 17.0 Å². The zero-order valence-electron chi connectivity index (χ0n) is 10.5. The van der Waals surface area contributed by atoms with Crippen LogP contribution in [0.4, 0.5) is 0 Å². The summed E-state index contributed by atoms with van der Waals surface area (Å²) in [6.45, 7) is 0. The van der Waals surface area contributed by atoms with E-state index in [0.717, 1.165) is 12.0 Å². The fraction of sp³-hybridized carbons (Fsp3) is 0.267. The van der Waals surface area contributed by atoms with Crippen molar-refractivity contribution in [3.8, 4) is 0 Å². The molecule has 0 aliphatic carbocycles. The van der Waals surface area contributed by atoms with E-state index in [0.29, 0.717) is 12.2 Å². The summed E-state index contributed by atoms with van der Waals surface area (Å²) in [6, 6.07) is 11.7. The Bertz CT molecular complexity index is 619. The average molecular weight is 273 g/mol. The highest BCUT2D eigenvalue weighted by molar-refractivity contribution is 7.85. The molecule has 3 nitrogen and oxygen atoms in total. The van der Waals surface area contributed by atoms with Crippen molar-refractivity contribution in [2.24, 2.45) is 0 Å². The summed E-state index contributed by atoms with van der Waals surface area (Å²) >= 11 is 0. The largest absolute Gasteiger partial charge is 0.295 e. The number of carbonyl (C=O) groups excluding carboxylic acids is 1. The van der Waals surface area contributed by atoms with Crippen LogP contribution in [-0.2, 0) is 17.2 Å². The molecule has 0 amide bonds. The van der Waals surface area contributed by atoms with Gasteiger partial charge in [-0.2, -0.15) is 0 Å². The van der Waals surface area contributed by atoms with E-state index < -0.39 is 10.8 Å². The van der Waals surface area contributed by atoms with Gasteiger partial charge in [-0.3, -0.25) is 13.6 Å². The van der Waals surface area contributed by atoms with Crippen molar-refractivity contribution in [1.82, 2.24) is 4.57 Å². The molecular weight excluding hydrogens is 258 g/mol. The SMILES string of the molecule is O=C(C[C@H]1c2ccccc2CC[S@]1=O)n1cccc1. The van der Waals surface area contributed by atoms with E-state index >= 15 is 0 Å². The van der Waals surface area contributed by atoms with Crippen LogP contribution in [0.1, 0.15) is 27.6 Å². The second-order valence-electron chi connectivity index (χ2n) is 4.71. The topological polar surface area (TPSA) is 39.1 Å². The van der Waals surface area contributed by atoms with Gasteiger partial charge in [0.05, 0.1) is 5.25 Å². The number of hydrogen-bond acceptors (Lipinski definition) is 2. The molecule has 0 unspecified atom stereocenters. The molecule has 2 aromatic rings. The van der Waals surface area contributed by atoms with Crippen LogP contribution in [0.2, 0.25) is 0 Å². The molecule has 1 aromatic heterocycles. The molecule has 19 heavy (non-hydrogen) atoms. The van der Waals surface area contributed by atoms with Gasteiger partial charge in [0, 0.05) is 35.4 Å². The van der Waals surface area contributed by atoms with Crippen LogP contribution in [0.5, 0.6) is 0 Å². The van der Waals surface area contributed by atoms with E-state index in [1.165, 1.54) is 5.56 Å². The lowest BCUT2D eigenvalue weighted by atomic mass is 10.00. The minimum absolute atomic E-state index is 0.0000491. The fourth-order valence-electron chi connectivity index (χ4n) is 2.54. The molecule has 0 saturated heterocycles. The molecule has 1 aliphatic rings. The summed E-state index contributed by atoms with van der Waals surface area (Å²) < 4.78 is 13.8. The zero-order chi connectivity index (χ0) is 13.2.